The minimum absolute atomic E-state index is 0.0133. The van der Waals surface area contributed by atoms with Gasteiger partial charge in [0.05, 0.1) is 16.9 Å². The van der Waals surface area contributed by atoms with Crippen LogP contribution in [0.15, 0.2) is 64.4 Å². The Hall–Kier alpha value is -3.86. The highest BCUT2D eigenvalue weighted by atomic mass is 35.5. The summed E-state index contributed by atoms with van der Waals surface area (Å²) in [6.45, 7) is 0. The fraction of sp³-hybridized carbons (Fsp3) is 0.182. The number of fused-ring (bicyclic) bond motifs is 1. The van der Waals surface area contributed by atoms with Crippen LogP contribution in [0.1, 0.15) is 17.2 Å². The summed E-state index contributed by atoms with van der Waals surface area (Å²) in [4.78, 5) is 42.7. The lowest BCUT2D eigenvalue weighted by atomic mass is 10.1. The molecule has 8 nitrogen and oxygen atoms in total. The number of alkyl halides is 3. The van der Waals surface area contributed by atoms with Crippen molar-refractivity contribution >= 4 is 34.4 Å². The van der Waals surface area contributed by atoms with Gasteiger partial charge >= 0.3 is 11.9 Å². The van der Waals surface area contributed by atoms with Crippen molar-refractivity contribution in [2.75, 3.05) is 5.32 Å². The minimum Gasteiger partial charge on any atom is -0.324 e. The molecule has 176 valence electrons. The number of nitrogens with one attached hydrogen (secondary N) is 1. The number of halogens is 4. The first-order valence-electron chi connectivity index (χ1n) is 9.86. The Kier molecular flexibility index (Phi) is 5.82. The summed E-state index contributed by atoms with van der Waals surface area (Å²) < 4.78 is 43.1. The summed E-state index contributed by atoms with van der Waals surface area (Å²) in [6, 6.07) is 10.2. The van der Waals surface area contributed by atoms with Gasteiger partial charge in [0.1, 0.15) is 6.04 Å². The fourth-order valence-corrected chi connectivity index (χ4v) is 3.89. The molecule has 2 aromatic heterocycles. The first kappa shape index (κ1) is 23.3. The summed E-state index contributed by atoms with van der Waals surface area (Å²) >= 11 is 5.67. The number of carbonyl (C=O) groups excluding carboxylic acids is 1. The van der Waals surface area contributed by atoms with Crippen molar-refractivity contribution in [2.45, 2.75) is 12.2 Å². The van der Waals surface area contributed by atoms with Gasteiger partial charge < -0.3 is 9.88 Å². The average molecular weight is 492 g/mol. The monoisotopic (exact) mass is 491 g/mol. The SMILES string of the molecule is Cn1c(=O)c2c(ncn2[C@H](C(=O)Nc2ccc(Cl)c(C(F)(F)F)c2)c2ccccc2)n(C)c1=O. The van der Waals surface area contributed by atoms with Gasteiger partial charge in [-0.05, 0) is 23.8 Å². The van der Waals surface area contributed by atoms with Crippen LogP contribution in [0.4, 0.5) is 18.9 Å². The normalized spacial score (nSPS) is 12.6. The molecule has 0 bridgehead atoms. The van der Waals surface area contributed by atoms with Crippen LogP contribution < -0.4 is 16.6 Å². The second-order valence-electron chi connectivity index (χ2n) is 7.52. The number of aryl methyl sites for hydroxylation is 1. The van der Waals surface area contributed by atoms with Gasteiger partial charge in [0.15, 0.2) is 11.2 Å². The maximum atomic E-state index is 13.4. The average Bonchev–Trinajstić information content (AvgIpc) is 3.22. The van der Waals surface area contributed by atoms with Crippen molar-refractivity contribution in [2.24, 2.45) is 14.1 Å². The Morgan fingerprint density at radius 2 is 1.74 bits per heavy atom. The lowest BCUT2D eigenvalue weighted by Gasteiger charge is -2.20. The van der Waals surface area contributed by atoms with Crippen molar-refractivity contribution in [3.63, 3.8) is 0 Å². The maximum absolute atomic E-state index is 13.4. The standard InChI is InChI=1S/C22H17ClF3N5O3/c1-29-18-17(20(33)30(2)21(29)34)31(11-27-18)16(12-6-4-3-5-7-12)19(32)28-13-8-9-15(23)14(10-13)22(24,25)26/h3-11,16H,1-2H3,(H,28,32)/t16-/m0/s1. The molecule has 1 N–H and O–H groups in total. The van der Waals surface area contributed by atoms with E-state index in [4.69, 9.17) is 11.6 Å². The van der Waals surface area contributed by atoms with E-state index in [1.807, 2.05) is 0 Å². The Bertz CT molecular complexity index is 1520. The predicted octanol–water partition coefficient (Wildman–Crippen LogP) is 3.33. The van der Waals surface area contributed by atoms with E-state index in [1.54, 1.807) is 30.3 Å². The zero-order chi connectivity index (χ0) is 24.8. The van der Waals surface area contributed by atoms with Gasteiger partial charge in [-0.25, -0.2) is 9.78 Å². The van der Waals surface area contributed by atoms with Crippen molar-refractivity contribution in [3.8, 4) is 0 Å². The highest BCUT2D eigenvalue weighted by Crippen LogP contribution is 2.36. The van der Waals surface area contributed by atoms with Crippen LogP contribution in [0.5, 0.6) is 0 Å². The number of nitrogens with zero attached hydrogens (tertiary/aromatic N) is 4. The first-order chi connectivity index (χ1) is 16.0. The maximum Gasteiger partial charge on any atom is 0.417 e. The molecule has 1 amide bonds. The quantitative estimate of drug-likeness (QED) is 0.474. The van der Waals surface area contributed by atoms with E-state index in [9.17, 15) is 27.6 Å². The molecule has 0 unspecified atom stereocenters. The lowest BCUT2D eigenvalue weighted by Crippen LogP contribution is -2.38. The number of imidazole rings is 1. The van der Waals surface area contributed by atoms with Gasteiger partial charge in [0.25, 0.3) is 11.5 Å². The van der Waals surface area contributed by atoms with E-state index < -0.39 is 40.0 Å². The topological polar surface area (TPSA) is 90.9 Å². The van der Waals surface area contributed by atoms with Crippen LogP contribution in [0.25, 0.3) is 11.2 Å². The van der Waals surface area contributed by atoms with Gasteiger partial charge in [-0.3, -0.25) is 18.7 Å². The van der Waals surface area contributed by atoms with E-state index in [2.05, 4.69) is 10.3 Å². The fourth-order valence-electron chi connectivity index (χ4n) is 3.66. The molecular weight excluding hydrogens is 475 g/mol. The molecule has 1 atom stereocenters. The number of benzene rings is 2. The van der Waals surface area contributed by atoms with Gasteiger partial charge in [-0.2, -0.15) is 13.2 Å². The number of anilines is 1. The zero-order valence-electron chi connectivity index (χ0n) is 17.8. The van der Waals surface area contributed by atoms with Gasteiger partial charge in [-0.1, -0.05) is 41.9 Å². The van der Waals surface area contributed by atoms with Crippen molar-refractivity contribution in [1.29, 1.82) is 0 Å². The number of amides is 1. The molecule has 12 heteroatoms. The number of aromatic nitrogens is 4. The molecule has 4 aromatic rings. The third-order valence-corrected chi connectivity index (χ3v) is 5.68. The van der Waals surface area contributed by atoms with E-state index >= 15 is 0 Å². The van der Waals surface area contributed by atoms with E-state index in [-0.39, 0.29) is 16.9 Å². The van der Waals surface area contributed by atoms with Crippen LogP contribution >= 0.6 is 11.6 Å². The number of rotatable bonds is 4. The van der Waals surface area contributed by atoms with E-state index in [1.165, 1.54) is 35.6 Å². The Morgan fingerprint density at radius 3 is 2.38 bits per heavy atom. The Labute approximate surface area is 194 Å². The smallest absolute Gasteiger partial charge is 0.324 e. The molecule has 0 saturated heterocycles. The second kappa shape index (κ2) is 8.49. The van der Waals surface area contributed by atoms with Gasteiger partial charge in [0, 0.05) is 19.8 Å². The van der Waals surface area contributed by atoms with Crippen LogP contribution in [0.2, 0.25) is 5.02 Å². The van der Waals surface area contributed by atoms with Crippen LogP contribution in [0.3, 0.4) is 0 Å². The molecule has 0 aliphatic carbocycles. The van der Waals surface area contributed by atoms with Gasteiger partial charge in [0.2, 0.25) is 0 Å². The molecule has 2 heterocycles. The van der Waals surface area contributed by atoms with Crippen molar-refractivity contribution in [3.05, 3.63) is 91.8 Å². The van der Waals surface area contributed by atoms with Crippen LogP contribution in [-0.4, -0.2) is 24.6 Å². The molecular formula is C22H17ClF3N5O3. The summed E-state index contributed by atoms with van der Waals surface area (Å²) in [6.07, 6.45) is -3.47. The first-order valence-corrected chi connectivity index (χ1v) is 10.2. The minimum atomic E-state index is -4.71. The van der Waals surface area contributed by atoms with E-state index in [0.29, 0.717) is 5.56 Å². The van der Waals surface area contributed by atoms with Crippen molar-refractivity contribution in [1.82, 2.24) is 18.7 Å². The molecule has 2 aromatic carbocycles. The lowest BCUT2D eigenvalue weighted by molar-refractivity contribution is -0.137. The molecule has 0 spiro atoms. The predicted molar refractivity (Wildman–Crippen MR) is 120 cm³/mol. The molecule has 34 heavy (non-hydrogen) atoms. The highest BCUT2D eigenvalue weighted by Gasteiger charge is 2.34. The van der Waals surface area contributed by atoms with Crippen LogP contribution in [0, 0.1) is 0 Å². The van der Waals surface area contributed by atoms with Crippen molar-refractivity contribution < 1.29 is 18.0 Å². The highest BCUT2D eigenvalue weighted by molar-refractivity contribution is 6.31. The summed E-state index contributed by atoms with van der Waals surface area (Å²) in [5.41, 5.74) is -2.00. The van der Waals surface area contributed by atoms with E-state index in [0.717, 1.165) is 16.7 Å². The number of hydrogen-bond acceptors (Lipinski definition) is 4. The third kappa shape index (κ3) is 3.98. The summed E-state index contributed by atoms with van der Waals surface area (Å²) in [5, 5.41) is 1.97. The molecule has 0 aliphatic rings. The Balaban J connectivity index is 1.86. The molecule has 0 fully saturated rings. The second-order valence-corrected chi connectivity index (χ2v) is 7.93. The molecule has 0 aliphatic heterocycles. The number of hydrogen-bond donors (Lipinski definition) is 1. The zero-order valence-corrected chi connectivity index (χ0v) is 18.6. The third-order valence-electron chi connectivity index (χ3n) is 5.35. The number of carbonyl (C=O) groups is 1. The molecule has 0 saturated carbocycles. The van der Waals surface area contributed by atoms with Crippen LogP contribution in [-0.2, 0) is 25.1 Å². The van der Waals surface area contributed by atoms with Gasteiger partial charge in [-0.15, -0.1) is 0 Å². The molecule has 0 radical (unpaired) electrons. The molecule has 4 rings (SSSR count). The summed E-state index contributed by atoms with van der Waals surface area (Å²) in [7, 11) is 2.73. The largest absolute Gasteiger partial charge is 0.417 e. The Morgan fingerprint density at radius 1 is 1.06 bits per heavy atom. The summed E-state index contributed by atoms with van der Waals surface area (Å²) in [5.74, 6) is -0.725.